The molecule has 8 nitrogen and oxygen atoms in total. The first kappa shape index (κ1) is 14.5. The number of amides is 1. The lowest BCUT2D eigenvalue weighted by Crippen LogP contribution is -2.42. The van der Waals surface area contributed by atoms with Crippen LogP contribution in [0.5, 0.6) is 0 Å². The molecule has 0 aromatic carbocycles. The number of hydrogen-bond donors (Lipinski definition) is 3. The number of nitrogens with two attached hydrogens (primary N) is 2. The number of nitrogens with one attached hydrogen (secondary N) is 1. The number of hydrogen-bond acceptors (Lipinski definition) is 5. The molecule has 0 aliphatic rings. The fraction of sp³-hybridized carbons (Fsp3) is 0.556. The van der Waals surface area contributed by atoms with E-state index < -0.39 is 22.0 Å². The molecular formula is C9H17N5O3S. The molecule has 0 saturated heterocycles. The van der Waals surface area contributed by atoms with Crippen molar-refractivity contribution in [2.45, 2.75) is 37.8 Å². The van der Waals surface area contributed by atoms with Crippen LogP contribution in [0, 0.1) is 0 Å². The van der Waals surface area contributed by atoms with Crippen LogP contribution in [-0.4, -0.2) is 30.1 Å². The molecule has 102 valence electrons. The molecule has 1 aromatic heterocycles. The van der Waals surface area contributed by atoms with Gasteiger partial charge in [-0.2, -0.15) is 9.82 Å². The van der Waals surface area contributed by atoms with Gasteiger partial charge in [0.15, 0.2) is 5.82 Å². The fourth-order valence-electron chi connectivity index (χ4n) is 1.32. The Balaban J connectivity index is 3.01. The summed E-state index contributed by atoms with van der Waals surface area (Å²) in [5.41, 5.74) is 10.5. The number of sulfonamides is 1. The largest absolute Gasteiger partial charge is 0.381 e. The molecule has 1 amide bonds. The van der Waals surface area contributed by atoms with E-state index in [0.717, 1.165) is 6.42 Å². The Kier molecular flexibility index (Phi) is 4.30. The maximum Gasteiger partial charge on any atom is 0.246 e. The monoisotopic (exact) mass is 275 g/mol. The second-order valence-corrected chi connectivity index (χ2v) is 5.57. The third-order valence-corrected chi connectivity index (χ3v) is 3.81. The van der Waals surface area contributed by atoms with Crippen molar-refractivity contribution in [2.75, 3.05) is 5.73 Å². The quantitative estimate of drug-likeness (QED) is 0.614. The van der Waals surface area contributed by atoms with Crippen LogP contribution < -0.4 is 16.2 Å². The van der Waals surface area contributed by atoms with Crippen LogP contribution in [0.15, 0.2) is 11.1 Å². The van der Waals surface area contributed by atoms with Crippen molar-refractivity contribution in [3.05, 3.63) is 6.20 Å². The van der Waals surface area contributed by atoms with E-state index in [4.69, 9.17) is 11.5 Å². The predicted molar refractivity (Wildman–Crippen MR) is 65.9 cm³/mol. The average Bonchev–Trinajstić information content (AvgIpc) is 2.60. The molecule has 1 unspecified atom stereocenters. The summed E-state index contributed by atoms with van der Waals surface area (Å²) < 4.78 is 27.4. The molecule has 1 aromatic rings. The van der Waals surface area contributed by atoms with Crippen LogP contribution in [0.4, 0.5) is 5.82 Å². The SMILES string of the molecule is CCCn1cc(S(=O)(=O)NC(C)C(N)=O)c(N)n1. The van der Waals surface area contributed by atoms with Crippen molar-refractivity contribution in [1.29, 1.82) is 0 Å². The molecule has 0 fully saturated rings. The highest BCUT2D eigenvalue weighted by Crippen LogP contribution is 2.16. The minimum Gasteiger partial charge on any atom is -0.381 e. The Morgan fingerprint density at radius 2 is 2.22 bits per heavy atom. The predicted octanol–water partition coefficient (Wildman–Crippen LogP) is -0.973. The number of carbonyl (C=O) groups excluding carboxylic acids is 1. The standard InChI is InChI=1S/C9H17N5O3S/c1-3-4-14-5-7(8(10)12-14)18(16,17)13-6(2)9(11)15/h5-6,13H,3-4H2,1-2H3,(H2,10,12)(H2,11,15). The summed E-state index contributed by atoms with van der Waals surface area (Å²) in [6.07, 6.45) is 2.13. The molecule has 0 aliphatic carbocycles. The molecule has 0 bridgehead atoms. The minimum atomic E-state index is -3.89. The number of primary amides is 1. The zero-order chi connectivity index (χ0) is 13.9. The van der Waals surface area contributed by atoms with Gasteiger partial charge >= 0.3 is 0 Å². The van der Waals surface area contributed by atoms with E-state index in [1.165, 1.54) is 17.8 Å². The third kappa shape index (κ3) is 3.20. The molecule has 0 spiro atoms. The van der Waals surface area contributed by atoms with Gasteiger partial charge in [0.2, 0.25) is 15.9 Å². The molecule has 18 heavy (non-hydrogen) atoms. The maximum absolute atomic E-state index is 11.9. The second kappa shape index (κ2) is 5.36. The normalized spacial score (nSPS) is 13.4. The van der Waals surface area contributed by atoms with Crippen molar-refractivity contribution in [3.63, 3.8) is 0 Å². The van der Waals surface area contributed by atoms with Crippen LogP contribution in [-0.2, 0) is 21.4 Å². The summed E-state index contributed by atoms with van der Waals surface area (Å²) in [4.78, 5) is 10.7. The first-order valence-electron chi connectivity index (χ1n) is 5.42. The van der Waals surface area contributed by atoms with Crippen LogP contribution in [0.1, 0.15) is 20.3 Å². The highest BCUT2D eigenvalue weighted by molar-refractivity contribution is 7.89. The molecular weight excluding hydrogens is 258 g/mol. The van der Waals surface area contributed by atoms with Gasteiger partial charge in [0, 0.05) is 12.7 Å². The lowest BCUT2D eigenvalue weighted by atomic mass is 10.4. The first-order chi connectivity index (χ1) is 8.27. The maximum atomic E-state index is 11.9. The average molecular weight is 275 g/mol. The molecule has 1 atom stereocenters. The van der Waals surface area contributed by atoms with E-state index >= 15 is 0 Å². The lowest BCUT2D eigenvalue weighted by molar-refractivity contribution is -0.119. The van der Waals surface area contributed by atoms with Gasteiger partial charge < -0.3 is 11.5 Å². The number of aryl methyl sites for hydroxylation is 1. The van der Waals surface area contributed by atoms with Crippen molar-refractivity contribution in [1.82, 2.24) is 14.5 Å². The van der Waals surface area contributed by atoms with E-state index in [2.05, 4.69) is 9.82 Å². The van der Waals surface area contributed by atoms with Gasteiger partial charge in [0.05, 0.1) is 6.04 Å². The van der Waals surface area contributed by atoms with Gasteiger partial charge in [-0.05, 0) is 13.3 Å². The van der Waals surface area contributed by atoms with Crippen molar-refractivity contribution in [3.8, 4) is 0 Å². The highest BCUT2D eigenvalue weighted by atomic mass is 32.2. The van der Waals surface area contributed by atoms with Gasteiger partial charge in [-0.3, -0.25) is 9.48 Å². The molecule has 1 heterocycles. The van der Waals surface area contributed by atoms with Crippen LogP contribution in [0.25, 0.3) is 0 Å². The minimum absolute atomic E-state index is 0.104. The number of rotatable bonds is 6. The topological polar surface area (TPSA) is 133 Å². The molecule has 0 saturated carbocycles. The van der Waals surface area contributed by atoms with Crippen molar-refractivity contribution < 1.29 is 13.2 Å². The van der Waals surface area contributed by atoms with Gasteiger partial charge in [-0.1, -0.05) is 6.92 Å². The zero-order valence-corrected chi connectivity index (χ0v) is 11.1. The Bertz CT molecular complexity index is 536. The van der Waals surface area contributed by atoms with Gasteiger partial charge in [-0.25, -0.2) is 8.42 Å². The molecule has 0 aliphatic heterocycles. The summed E-state index contributed by atoms with van der Waals surface area (Å²) in [5.74, 6) is -0.870. The van der Waals surface area contributed by atoms with Gasteiger partial charge in [0.1, 0.15) is 4.90 Å². The lowest BCUT2D eigenvalue weighted by Gasteiger charge is -2.09. The number of aromatic nitrogens is 2. The van der Waals surface area contributed by atoms with E-state index in [1.54, 1.807) is 0 Å². The summed E-state index contributed by atoms with van der Waals surface area (Å²) in [7, 11) is -3.89. The van der Waals surface area contributed by atoms with Crippen LogP contribution in [0.2, 0.25) is 0 Å². The summed E-state index contributed by atoms with van der Waals surface area (Å²) in [5, 5.41) is 3.88. The van der Waals surface area contributed by atoms with Gasteiger partial charge in [0.25, 0.3) is 0 Å². The van der Waals surface area contributed by atoms with Crippen molar-refractivity contribution >= 4 is 21.7 Å². The Morgan fingerprint density at radius 3 is 2.72 bits per heavy atom. The van der Waals surface area contributed by atoms with Gasteiger partial charge in [-0.15, -0.1) is 0 Å². The van der Waals surface area contributed by atoms with E-state index in [9.17, 15) is 13.2 Å². The summed E-state index contributed by atoms with van der Waals surface area (Å²) in [6.45, 7) is 3.84. The van der Waals surface area contributed by atoms with E-state index in [1.807, 2.05) is 6.92 Å². The second-order valence-electron chi connectivity index (χ2n) is 3.89. The Hall–Kier alpha value is -1.61. The Labute approximate surface area is 105 Å². The smallest absolute Gasteiger partial charge is 0.246 e. The van der Waals surface area contributed by atoms with Crippen LogP contribution >= 0.6 is 0 Å². The first-order valence-corrected chi connectivity index (χ1v) is 6.90. The van der Waals surface area contributed by atoms with Crippen LogP contribution in [0.3, 0.4) is 0 Å². The number of anilines is 1. The molecule has 0 radical (unpaired) electrons. The third-order valence-electron chi connectivity index (χ3n) is 2.26. The Morgan fingerprint density at radius 1 is 1.61 bits per heavy atom. The number of carbonyl (C=O) groups is 1. The fourth-order valence-corrected chi connectivity index (χ4v) is 2.61. The number of nitrogen functional groups attached to an aromatic ring is 1. The molecule has 1 rings (SSSR count). The molecule has 9 heteroatoms. The zero-order valence-electron chi connectivity index (χ0n) is 10.3. The summed E-state index contributed by atoms with van der Waals surface area (Å²) in [6, 6.07) is -1.01. The van der Waals surface area contributed by atoms with Crippen molar-refractivity contribution in [2.24, 2.45) is 5.73 Å². The summed E-state index contributed by atoms with van der Waals surface area (Å²) >= 11 is 0. The van der Waals surface area contributed by atoms with E-state index in [-0.39, 0.29) is 10.7 Å². The van der Waals surface area contributed by atoms with E-state index in [0.29, 0.717) is 6.54 Å². The molecule has 5 N–H and O–H groups in total. The number of nitrogens with zero attached hydrogens (tertiary/aromatic N) is 2. The highest BCUT2D eigenvalue weighted by Gasteiger charge is 2.24.